The lowest BCUT2D eigenvalue weighted by Crippen LogP contribution is -1.85. The van der Waals surface area contributed by atoms with Gasteiger partial charge in [-0.1, -0.05) is 0 Å². The summed E-state index contributed by atoms with van der Waals surface area (Å²) in [5, 5.41) is 0. The van der Waals surface area contributed by atoms with Crippen LogP contribution < -0.4 is 4.52 Å². The van der Waals surface area contributed by atoms with Crippen molar-refractivity contribution in [1.82, 2.24) is 0 Å². The zero-order valence-electron chi connectivity index (χ0n) is 6.32. The first-order valence-electron chi connectivity index (χ1n) is 3.20. The molecule has 0 aliphatic heterocycles. The van der Waals surface area contributed by atoms with Crippen LogP contribution in [0, 0.1) is 0 Å². The van der Waals surface area contributed by atoms with Crippen molar-refractivity contribution in [3.8, 4) is 5.75 Å². The first-order valence-corrected chi connectivity index (χ1v) is 5.54. The molecule has 0 aliphatic rings. The highest BCUT2D eigenvalue weighted by Crippen LogP contribution is 2.28. The Hall–Kier alpha value is -0.680. The predicted octanol–water partition coefficient (Wildman–Crippen LogP) is 0.247. The molecule has 0 heterocycles. The minimum absolute atomic E-state index is 0.155. The van der Waals surface area contributed by atoms with Gasteiger partial charge in [0, 0.05) is 0 Å². The second kappa shape index (κ2) is 4.53. The average Bonchev–Trinajstić information content (AvgIpc) is 2.04. The predicted molar refractivity (Wildman–Crippen MR) is 47.0 cm³/mol. The Bertz CT molecular complexity index is 337. The molecule has 1 aromatic rings. The molecule has 0 unspecified atom stereocenters. The van der Waals surface area contributed by atoms with Gasteiger partial charge in [0.25, 0.3) is 0 Å². The number of hydrogen-bond donors (Lipinski definition) is 3. The maximum absolute atomic E-state index is 10.4. The quantitative estimate of drug-likeness (QED) is 0.504. The minimum atomic E-state index is -2.60. The third kappa shape index (κ3) is 3.28. The fourth-order valence-corrected chi connectivity index (χ4v) is 1.43. The molecule has 7 heteroatoms. The van der Waals surface area contributed by atoms with Gasteiger partial charge in [-0.05, 0) is 24.3 Å². The van der Waals surface area contributed by atoms with Crippen molar-refractivity contribution in [3.63, 3.8) is 0 Å². The van der Waals surface area contributed by atoms with E-state index in [1.807, 2.05) is 0 Å². The van der Waals surface area contributed by atoms with E-state index in [0.717, 1.165) is 0 Å². The zero-order chi connectivity index (χ0) is 9.84. The smallest absolute Gasteiger partial charge is 0.391 e. The molecule has 0 fully saturated rings. The molecule has 0 bridgehead atoms. The van der Waals surface area contributed by atoms with Gasteiger partial charge in [0.1, 0.15) is 5.75 Å². The summed E-state index contributed by atoms with van der Waals surface area (Å²) >= 11 is 0. The van der Waals surface area contributed by atoms with E-state index >= 15 is 0 Å². The van der Waals surface area contributed by atoms with Gasteiger partial charge >= 0.3 is 8.60 Å². The Morgan fingerprint density at radius 1 is 1.15 bits per heavy atom. The fourth-order valence-electron chi connectivity index (χ4n) is 0.723. The molecule has 72 valence electrons. The van der Waals surface area contributed by atoms with Gasteiger partial charge in [-0.3, -0.25) is 0 Å². The molecule has 2 N–H and O–H groups in total. The summed E-state index contributed by atoms with van der Waals surface area (Å²) < 4.78 is 25.4. The molecule has 0 saturated carbocycles. The summed E-state index contributed by atoms with van der Waals surface area (Å²) in [5.74, 6) is 0.219. The van der Waals surface area contributed by atoms with E-state index in [2.05, 4.69) is 4.52 Å². The van der Waals surface area contributed by atoms with Crippen molar-refractivity contribution in [3.05, 3.63) is 24.3 Å². The van der Waals surface area contributed by atoms with Crippen LogP contribution in [0.5, 0.6) is 5.75 Å². The number of thiol groups is 1. The molecular formula is C6H7O5PS. The van der Waals surface area contributed by atoms with Crippen molar-refractivity contribution in [2.24, 2.45) is 0 Å². The Morgan fingerprint density at radius 3 is 2.08 bits per heavy atom. The lowest BCUT2D eigenvalue weighted by Gasteiger charge is -2.04. The van der Waals surface area contributed by atoms with Crippen LogP contribution in [0.25, 0.3) is 0 Å². The molecular weight excluding hydrogens is 215 g/mol. The van der Waals surface area contributed by atoms with Crippen LogP contribution in [0.2, 0.25) is 0 Å². The Morgan fingerprint density at radius 2 is 1.69 bits per heavy atom. The molecule has 0 spiro atoms. The SMILES string of the molecule is O=[SH](=O)c1ccc(OP(O)O)cc1. The Labute approximate surface area is 77.6 Å². The summed E-state index contributed by atoms with van der Waals surface area (Å²) in [6.07, 6.45) is 0. The van der Waals surface area contributed by atoms with Crippen LogP contribution >= 0.6 is 8.60 Å². The second-order valence-corrected chi connectivity index (χ2v) is 3.81. The molecule has 0 amide bonds. The highest BCUT2D eigenvalue weighted by atomic mass is 32.2. The molecule has 1 aromatic carbocycles. The topological polar surface area (TPSA) is 83.8 Å². The van der Waals surface area contributed by atoms with Crippen LogP contribution in [0.4, 0.5) is 0 Å². The third-order valence-electron chi connectivity index (χ3n) is 1.23. The van der Waals surface area contributed by atoms with Gasteiger partial charge < -0.3 is 14.3 Å². The molecule has 0 atom stereocenters. The van der Waals surface area contributed by atoms with Crippen LogP contribution in [0.15, 0.2) is 29.2 Å². The largest absolute Gasteiger partial charge is 0.427 e. The van der Waals surface area contributed by atoms with Crippen LogP contribution in [-0.2, 0) is 10.7 Å². The molecule has 0 radical (unpaired) electrons. The second-order valence-electron chi connectivity index (χ2n) is 2.10. The average molecular weight is 222 g/mol. The van der Waals surface area contributed by atoms with E-state index in [-0.39, 0.29) is 10.6 Å². The first-order chi connectivity index (χ1) is 6.09. The van der Waals surface area contributed by atoms with Crippen LogP contribution in [0.3, 0.4) is 0 Å². The first kappa shape index (κ1) is 10.4. The molecule has 1 rings (SSSR count). The van der Waals surface area contributed by atoms with Gasteiger partial charge in [0.15, 0.2) is 10.7 Å². The van der Waals surface area contributed by atoms with Gasteiger partial charge in [-0.15, -0.1) is 0 Å². The van der Waals surface area contributed by atoms with E-state index < -0.39 is 19.3 Å². The molecule has 0 saturated heterocycles. The maximum atomic E-state index is 10.4. The molecule has 0 aliphatic carbocycles. The summed E-state index contributed by atoms with van der Waals surface area (Å²) in [5.41, 5.74) is 0. The maximum Gasteiger partial charge on any atom is 0.391 e. The normalized spacial score (nSPS) is 10.8. The lowest BCUT2D eigenvalue weighted by atomic mass is 10.3. The van der Waals surface area contributed by atoms with Crippen molar-refractivity contribution in [2.75, 3.05) is 0 Å². The van der Waals surface area contributed by atoms with Crippen molar-refractivity contribution >= 4 is 19.3 Å². The van der Waals surface area contributed by atoms with E-state index in [0.29, 0.717) is 0 Å². The van der Waals surface area contributed by atoms with Crippen LogP contribution in [0.1, 0.15) is 0 Å². The van der Waals surface area contributed by atoms with E-state index in [4.69, 9.17) is 9.79 Å². The van der Waals surface area contributed by atoms with E-state index in [1.165, 1.54) is 24.3 Å². The van der Waals surface area contributed by atoms with Gasteiger partial charge in [0.2, 0.25) is 0 Å². The number of benzene rings is 1. The minimum Gasteiger partial charge on any atom is -0.427 e. The molecule has 5 nitrogen and oxygen atoms in total. The zero-order valence-corrected chi connectivity index (χ0v) is 8.11. The monoisotopic (exact) mass is 222 g/mol. The molecule has 0 aromatic heterocycles. The lowest BCUT2D eigenvalue weighted by molar-refractivity contribution is 0.375. The standard InChI is InChI=1S/C6H7O5PS/c7-12(8)11-5-1-3-6(4-2-5)13(9)10/h1-4,7-8,13H. The van der Waals surface area contributed by atoms with Crippen molar-refractivity contribution < 1.29 is 22.7 Å². The van der Waals surface area contributed by atoms with Gasteiger partial charge in [-0.2, -0.15) is 0 Å². The van der Waals surface area contributed by atoms with Crippen molar-refractivity contribution in [1.29, 1.82) is 0 Å². The summed E-state index contributed by atoms with van der Waals surface area (Å²) in [4.78, 5) is 17.1. The Balaban J connectivity index is 2.81. The fraction of sp³-hybridized carbons (Fsp3) is 0. The number of hydrogen-bond acceptors (Lipinski definition) is 5. The highest BCUT2D eigenvalue weighted by Gasteiger charge is 2.02. The van der Waals surface area contributed by atoms with Gasteiger partial charge in [0.05, 0.1) is 4.90 Å². The van der Waals surface area contributed by atoms with Crippen molar-refractivity contribution in [2.45, 2.75) is 4.90 Å². The third-order valence-corrected chi connectivity index (χ3v) is 2.33. The summed E-state index contributed by atoms with van der Waals surface area (Å²) in [6, 6.07) is 5.34. The summed E-state index contributed by atoms with van der Waals surface area (Å²) in [6.45, 7) is 0. The van der Waals surface area contributed by atoms with E-state index in [1.54, 1.807) is 0 Å². The molecule has 13 heavy (non-hydrogen) atoms. The van der Waals surface area contributed by atoms with Crippen LogP contribution in [-0.4, -0.2) is 18.2 Å². The Kier molecular flexibility index (Phi) is 3.62. The van der Waals surface area contributed by atoms with Gasteiger partial charge in [-0.25, -0.2) is 8.42 Å². The highest BCUT2D eigenvalue weighted by molar-refractivity contribution is 7.72. The van der Waals surface area contributed by atoms with E-state index in [9.17, 15) is 8.42 Å². The summed E-state index contributed by atoms with van der Waals surface area (Å²) in [7, 11) is -5.06. The number of rotatable bonds is 3.